The molecule has 0 amide bonds. The largest absolute Gasteiger partial charge is 0.435 e. The van der Waals surface area contributed by atoms with E-state index in [1.807, 2.05) is 0 Å². The molecule has 0 aliphatic rings. The standard InChI is InChI=1S/C4H11BO2.C2H6O/c1-2-3-4-7-5-6;1-2-3/h5-6H,2-4H2,1H3;3H,2H2,1H3. The maximum atomic E-state index is 8.07. The number of hydrogen-bond donors (Lipinski definition) is 2. The summed E-state index contributed by atoms with van der Waals surface area (Å²) in [7, 11) is -0.139. The van der Waals surface area contributed by atoms with Crippen LogP contribution in [0.1, 0.15) is 26.7 Å². The van der Waals surface area contributed by atoms with Gasteiger partial charge >= 0.3 is 7.69 Å². The maximum Gasteiger partial charge on any atom is 0.435 e. The van der Waals surface area contributed by atoms with Crippen molar-refractivity contribution in [1.29, 1.82) is 0 Å². The van der Waals surface area contributed by atoms with E-state index in [0.29, 0.717) is 6.61 Å². The van der Waals surface area contributed by atoms with Crippen LogP contribution in [0.5, 0.6) is 0 Å². The Bertz CT molecular complexity index is 40.0. The van der Waals surface area contributed by atoms with Crippen molar-refractivity contribution in [2.24, 2.45) is 0 Å². The van der Waals surface area contributed by atoms with Crippen molar-refractivity contribution in [3.63, 3.8) is 0 Å². The Morgan fingerprint density at radius 1 is 1.40 bits per heavy atom. The first-order valence-corrected chi connectivity index (χ1v) is 3.62. The van der Waals surface area contributed by atoms with Gasteiger partial charge in [0.25, 0.3) is 0 Å². The second-order valence-corrected chi connectivity index (χ2v) is 1.71. The maximum absolute atomic E-state index is 8.07. The van der Waals surface area contributed by atoms with Crippen LogP contribution in [-0.2, 0) is 4.65 Å². The van der Waals surface area contributed by atoms with E-state index in [1.165, 1.54) is 0 Å². The molecule has 0 rings (SSSR count). The van der Waals surface area contributed by atoms with E-state index in [2.05, 4.69) is 11.6 Å². The number of rotatable bonds is 4. The SMILES string of the molecule is CCCCOBO.CCO. The minimum absolute atomic E-state index is 0.139. The van der Waals surface area contributed by atoms with Gasteiger partial charge in [-0.2, -0.15) is 0 Å². The predicted octanol–water partition coefficient (Wildman–Crippen LogP) is 0.0605. The van der Waals surface area contributed by atoms with E-state index >= 15 is 0 Å². The first-order valence-electron chi connectivity index (χ1n) is 3.62. The summed E-state index contributed by atoms with van der Waals surface area (Å²) in [6.45, 7) is 4.70. The molecule has 0 saturated heterocycles. The monoisotopic (exact) mass is 148 g/mol. The van der Waals surface area contributed by atoms with Gasteiger partial charge < -0.3 is 14.8 Å². The summed E-state index contributed by atoms with van der Waals surface area (Å²) in [5, 5.41) is 15.6. The fourth-order valence-electron chi connectivity index (χ4n) is 0.311. The smallest absolute Gasteiger partial charge is 0.430 e. The summed E-state index contributed by atoms with van der Waals surface area (Å²) in [6, 6.07) is 0. The molecule has 2 N–H and O–H groups in total. The van der Waals surface area contributed by atoms with Gasteiger partial charge in [-0.05, 0) is 13.3 Å². The van der Waals surface area contributed by atoms with E-state index < -0.39 is 0 Å². The molecule has 0 bridgehead atoms. The van der Waals surface area contributed by atoms with Gasteiger partial charge in [-0.25, -0.2) is 0 Å². The highest BCUT2D eigenvalue weighted by Crippen LogP contribution is 1.84. The number of aliphatic hydroxyl groups excluding tert-OH is 1. The molecule has 0 saturated carbocycles. The van der Waals surface area contributed by atoms with Crippen LogP contribution in [0.4, 0.5) is 0 Å². The van der Waals surface area contributed by atoms with Crippen LogP contribution in [0, 0.1) is 0 Å². The fourth-order valence-corrected chi connectivity index (χ4v) is 0.311. The third-order valence-electron chi connectivity index (χ3n) is 0.734. The minimum atomic E-state index is -0.139. The number of hydrogen-bond acceptors (Lipinski definition) is 3. The van der Waals surface area contributed by atoms with Crippen LogP contribution in [-0.4, -0.2) is 31.0 Å². The molecule has 3 nitrogen and oxygen atoms in total. The van der Waals surface area contributed by atoms with E-state index in [1.54, 1.807) is 6.92 Å². The van der Waals surface area contributed by atoms with Crippen LogP contribution >= 0.6 is 0 Å². The lowest BCUT2D eigenvalue weighted by atomic mass is 10.3. The van der Waals surface area contributed by atoms with E-state index in [4.69, 9.17) is 10.1 Å². The Kier molecular flexibility index (Phi) is 20.1. The molecule has 10 heavy (non-hydrogen) atoms. The van der Waals surface area contributed by atoms with Gasteiger partial charge in [-0.15, -0.1) is 0 Å². The Labute approximate surface area is 63.3 Å². The van der Waals surface area contributed by atoms with Crippen molar-refractivity contribution in [2.45, 2.75) is 26.7 Å². The zero-order chi connectivity index (χ0) is 8.24. The van der Waals surface area contributed by atoms with Gasteiger partial charge in [-0.1, -0.05) is 13.3 Å². The summed E-state index contributed by atoms with van der Waals surface area (Å²) in [5.41, 5.74) is 0. The van der Waals surface area contributed by atoms with E-state index in [9.17, 15) is 0 Å². The Balaban J connectivity index is 0. The Morgan fingerprint density at radius 3 is 2.20 bits per heavy atom. The van der Waals surface area contributed by atoms with Crippen molar-refractivity contribution in [3.8, 4) is 0 Å². The van der Waals surface area contributed by atoms with Crippen LogP contribution < -0.4 is 0 Å². The lowest BCUT2D eigenvalue weighted by molar-refractivity contribution is 0.278. The van der Waals surface area contributed by atoms with Gasteiger partial charge in [0.1, 0.15) is 0 Å². The molecule has 0 atom stereocenters. The van der Waals surface area contributed by atoms with Crippen molar-refractivity contribution in [3.05, 3.63) is 0 Å². The molecule has 0 unspecified atom stereocenters. The Morgan fingerprint density at radius 2 is 1.90 bits per heavy atom. The van der Waals surface area contributed by atoms with Crippen LogP contribution in [0.15, 0.2) is 0 Å². The highest BCUT2D eigenvalue weighted by molar-refractivity contribution is 6.15. The van der Waals surface area contributed by atoms with Crippen LogP contribution in [0.3, 0.4) is 0 Å². The molecule has 0 aromatic carbocycles. The van der Waals surface area contributed by atoms with Crippen molar-refractivity contribution >= 4 is 7.69 Å². The molecule has 0 radical (unpaired) electrons. The van der Waals surface area contributed by atoms with Gasteiger partial charge in [0.15, 0.2) is 0 Å². The third kappa shape index (κ3) is 24.6. The summed E-state index contributed by atoms with van der Waals surface area (Å²) < 4.78 is 4.63. The molecule has 0 aromatic heterocycles. The summed E-state index contributed by atoms with van der Waals surface area (Å²) >= 11 is 0. The molecule has 0 spiro atoms. The van der Waals surface area contributed by atoms with Crippen molar-refractivity contribution in [2.75, 3.05) is 13.2 Å². The zero-order valence-electron chi connectivity index (χ0n) is 6.84. The van der Waals surface area contributed by atoms with Crippen LogP contribution in [0.25, 0.3) is 0 Å². The zero-order valence-corrected chi connectivity index (χ0v) is 6.84. The quantitative estimate of drug-likeness (QED) is 0.437. The molecule has 0 fully saturated rings. The molecule has 0 aliphatic carbocycles. The third-order valence-corrected chi connectivity index (χ3v) is 0.734. The fraction of sp³-hybridized carbons (Fsp3) is 1.00. The van der Waals surface area contributed by atoms with E-state index in [-0.39, 0.29) is 14.3 Å². The molecule has 62 valence electrons. The number of aliphatic hydroxyl groups is 1. The van der Waals surface area contributed by atoms with Gasteiger partial charge in [0, 0.05) is 13.2 Å². The number of unbranched alkanes of at least 4 members (excludes halogenated alkanes) is 1. The summed E-state index contributed by atoms with van der Waals surface area (Å²) in [4.78, 5) is 0. The van der Waals surface area contributed by atoms with Gasteiger partial charge in [0.2, 0.25) is 0 Å². The lowest BCUT2D eigenvalue weighted by Gasteiger charge is -1.93. The average Bonchev–Trinajstić information content (AvgIpc) is 1.91. The predicted molar refractivity (Wildman–Crippen MR) is 43.0 cm³/mol. The lowest BCUT2D eigenvalue weighted by Crippen LogP contribution is -1.97. The minimum Gasteiger partial charge on any atom is -0.430 e. The highest BCUT2D eigenvalue weighted by Gasteiger charge is 1.82. The van der Waals surface area contributed by atoms with Gasteiger partial charge in [-0.3, -0.25) is 0 Å². The van der Waals surface area contributed by atoms with Crippen LogP contribution in [0.2, 0.25) is 0 Å². The van der Waals surface area contributed by atoms with Crippen molar-refractivity contribution < 1.29 is 14.8 Å². The second-order valence-electron chi connectivity index (χ2n) is 1.71. The molecular formula is C6H17BO3. The topological polar surface area (TPSA) is 49.7 Å². The first-order chi connectivity index (χ1) is 4.83. The first kappa shape index (κ1) is 12.6. The highest BCUT2D eigenvalue weighted by atomic mass is 16.5. The van der Waals surface area contributed by atoms with Crippen molar-refractivity contribution in [1.82, 2.24) is 0 Å². The molecule has 0 aliphatic heterocycles. The molecule has 0 heterocycles. The van der Waals surface area contributed by atoms with Gasteiger partial charge in [0.05, 0.1) is 0 Å². The average molecular weight is 148 g/mol. The Hall–Kier alpha value is -0.0551. The van der Waals surface area contributed by atoms with E-state index in [0.717, 1.165) is 12.8 Å². The normalized spacial score (nSPS) is 8.00. The molecule has 0 aromatic rings. The molecule has 4 heteroatoms. The summed E-state index contributed by atoms with van der Waals surface area (Å²) in [6.07, 6.45) is 2.17. The summed E-state index contributed by atoms with van der Waals surface area (Å²) in [5.74, 6) is 0. The molecular weight excluding hydrogens is 131 g/mol. The second kappa shape index (κ2) is 16.0.